The summed E-state index contributed by atoms with van der Waals surface area (Å²) >= 11 is 0. The molecule has 40 heavy (non-hydrogen) atoms. The number of rotatable bonds is 8. The van der Waals surface area contributed by atoms with Gasteiger partial charge in [0.1, 0.15) is 18.2 Å². The second kappa shape index (κ2) is 11.0. The molecule has 7 nitrogen and oxygen atoms in total. The first-order chi connectivity index (χ1) is 19.6. The van der Waals surface area contributed by atoms with Crippen molar-refractivity contribution in [2.24, 2.45) is 5.73 Å². The number of nitrogens with two attached hydrogens (primary N) is 2. The van der Waals surface area contributed by atoms with Gasteiger partial charge < -0.3 is 16.2 Å². The molecule has 0 radical (unpaired) electrons. The molecule has 0 aliphatic carbocycles. The Labute approximate surface area is 233 Å². The van der Waals surface area contributed by atoms with Crippen LogP contribution in [0, 0.1) is 0 Å². The topological polar surface area (TPSA) is 105 Å². The van der Waals surface area contributed by atoms with Gasteiger partial charge in [-0.25, -0.2) is 15.0 Å². The van der Waals surface area contributed by atoms with Crippen LogP contribution in [-0.2, 0) is 19.6 Å². The molecule has 3 aromatic heterocycles. The van der Waals surface area contributed by atoms with Crippen LogP contribution in [0.15, 0.2) is 104 Å². The van der Waals surface area contributed by atoms with Gasteiger partial charge in [-0.1, -0.05) is 43.3 Å². The van der Waals surface area contributed by atoms with Gasteiger partial charge in [0.05, 0.1) is 11.2 Å². The lowest BCUT2D eigenvalue weighted by Gasteiger charge is -2.14. The highest BCUT2D eigenvalue weighted by Gasteiger charge is 2.19. The summed E-state index contributed by atoms with van der Waals surface area (Å²) in [5.41, 5.74) is 20.3. The number of hydrogen-bond donors (Lipinski definition) is 2. The Balaban J connectivity index is 1.59. The zero-order chi connectivity index (χ0) is 27.5. The largest absolute Gasteiger partial charge is 0.489 e. The molecule has 0 atom stereocenters. The fraction of sp³-hybridized carbons (Fsp3) is 0.121. The molecule has 6 rings (SSSR count). The summed E-state index contributed by atoms with van der Waals surface area (Å²) in [4.78, 5) is 13.4. The van der Waals surface area contributed by atoms with Crippen molar-refractivity contribution in [2.45, 2.75) is 26.5 Å². The first-order valence-electron chi connectivity index (χ1n) is 13.3. The molecule has 0 aliphatic rings. The maximum absolute atomic E-state index is 6.37. The Morgan fingerprint density at radius 1 is 0.775 bits per heavy atom. The van der Waals surface area contributed by atoms with Crippen molar-refractivity contribution in [2.75, 3.05) is 5.73 Å². The normalized spacial score (nSPS) is 11.2. The summed E-state index contributed by atoms with van der Waals surface area (Å²) in [7, 11) is 0. The number of fused-ring (bicyclic) bond motifs is 1. The van der Waals surface area contributed by atoms with Crippen molar-refractivity contribution in [3.05, 3.63) is 120 Å². The molecule has 3 aromatic carbocycles. The smallest absolute Gasteiger partial charge is 0.234 e. The minimum atomic E-state index is 0.412. The van der Waals surface area contributed by atoms with Crippen molar-refractivity contribution < 1.29 is 4.74 Å². The summed E-state index contributed by atoms with van der Waals surface area (Å²) in [5.74, 6) is 1.91. The van der Waals surface area contributed by atoms with E-state index in [1.54, 1.807) is 18.6 Å². The van der Waals surface area contributed by atoms with Crippen LogP contribution >= 0.6 is 0 Å². The number of nitrogens with zero attached hydrogens (tertiary/aromatic N) is 4. The van der Waals surface area contributed by atoms with Crippen molar-refractivity contribution in [3.63, 3.8) is 0 Å². The first-order valence-corrected chi connectivity index (χ1v) is 13.3. The number of nitrogen functional groups attached to an aromatic ring is 1. The van der Waals surface area contributed by atoms with E-state index in [0.717, 1.165) is 56.6 Å². The summed E-state index contributed by atoms with van der Waals surface area (Å²) < 4.78 is 8.44. The van der Waals surface area contributed by atoms with E-state index in [2.05, 4.69) is 62.8 Å². The third-order valence-electron chi connectivity index (χ3n) is 7.03. The van der Waals surface area contributed by atoms with Gasteiger partial charge >= 0.3 is 0 Å². The van der Waals surface area contributed by atoms with Crippen LogP contribution in [0.1, 0.15) is 23.6 Å². The van der Waals surface area contributed by atoms with E-state index in [9.17, 15) is 0 Å². The number of aromatic nitrogens is 4. The van der Waals surface area contributed by atoms with Crippen LogP contribution in [0.2, 0.25) is 0 Å². The zero-order valence-electron chi connectivity index (χ0n) is 22.3. The van der Waals surface area contributed by atoms with Gasteiger partial charge in [-0.05, 0) is 82.8 Å². The van der Waals surface area contributed by atoms with Gasteiger partial charge in [0.25, 0.3) is 0 Å². The van der Waals surface area contributed by atoms with E-state index in [1.807, 2.05) is 48.5 Å². The lowest BCUT2D eigenvalue weighted by Crippen LogP contribution is -2.04. The summed E-state index contributed by atoms with van der Waals surface area (Å²) in [6.45, 7) is 3.01. The molecular weight excluding hydrogens is 496 g/mol. The second-order valence-electron chi connectivity index (χ2n) is 9.61. The first kappa shape index (κ1) is 25.3. The molecule has 4 N–H and O–H groups in total. The molecular formula is C33H30N6O. The Bertz CT molecular complexity index is 1790. The highest BCUT2D eigenvalue weighted by atomic mass is 16.5. The molecule has 0 saturated carbocycles. The van der Waals surface area contributed by atoms with E-state index in [0.29, 0.717) is 24.9 Å². The van der Waals surface area contributed by atoms with Crippen molar-refractivity contribution in [1.82, 2.24) is 19.5 Å². The van der Waals surface area contributed by atoms with Gasteiger partial charge in [0.2, 0.25) is 5.95 Å². The average Bonchev–Trinajstić information content (AvgIpc) is 3.40. The maximum Gasteiger partial charge on any atom is 0.234 e. The van der Waals surface area contributed by atoms with Crippen LogP contribution < -0.4 is 16.2 Å². The van der Waals surface area contributed by atoms with Crippen LogP contribution in [0.25, 0.3) is 39.2 Å². The van der Waals surface area contributed by atoms with Crippen LogP contribution in [0.4, 0.5) is 5.82 Å². The highest BCUT2D eigenvalue weighted by Crippen LogP contribution is 2.38. The van der Waals surface area contributed by atoms with Gasteiger partial charge in [0.15, 0.2) is 0 Å². The third kappa shape index (κ3) is 4.90. The molecule has 3 heterocycles. The summed E-state index contributed by atoms with van der Waals surface area (Å²) in [6, 6.07) is 28.7. The Hall–Kier alpha value is -5.01. The van der Waals surface area contributed by atoms with Crippen molar-refractivity contribution in [1.29, 1.82) is 0 Å². The number of benzene rings is 3. The molecule has 0 amide bonds. The molecule has 0 saturated heterocycles. The van der Waals surface area contributed by atoms with Gasteiger partial charge in [-0.2, -0.15) is 0 Å². The van der Waals surface area contributed by atoms with E-state index < -0.39 is 0 Å². The minimum absolute atomic E-state index is 0.412. The molecule has 198 valence electrons. The standard InChI is InChI=1S/C33H30N6O/c1-2-24-8-3-4-10-31(24)40-21-23-16-27(25-9-5-7-22(15-25)20-34)28-19-29(26-11-14-36-32(35)18-26)39(30(28)17-23)33-37-12-6-13-38-33/h3-19H,2,20-21,34H2,1H3,(H2,35,36). The SMILES string of the molecule is CCc1ccccc1OCc1cc(-c2cccc(CN)c2)c2cc(-c3ccnc(N)c3)n(-c3ncccn3)c2c1. The average molecular weight is 527 g/mol. The monoisotopic (exact) mass is 526 g/mol. The van der Waals surface area contributed by atoms with E-state index >= 15 is 0 Å². The number of aryl methyl sites for hydroxylation is 1. The quantitative estimate of drug-likeness (QED) is 0.240. The lowest BCUT2D eigenvalue weighted by atomic mass is 9.97. The Morgan fingerprint density at radius 2 is 1.62 bits per heavy atom. The number of hydrogen-bond acceptors (Lipinski definition) is 6. The molecule has 0 aliphatic heterocycles. The number of pyridine rings is 1. The number of para-hydroxylation sites is 1. The van der Waals surface area contributed by atoms with Crippen molar-refractivity contribution in [3.8, 4) is 34.1 Å². The van der Waals surface area contributed by atoms with Crippen molar-refractivity contribution >= 4 is 16.7 Å². The Morgan fingerprint density at radius 3 is 2.42 bits per heavy atom. The van der Waals surface area contributed by atoms with Crippen LogP contribution in [-0.4, -0.2) is 19.5 Å². The molecule has 0 bridgehead atoms. The third-order valence-corrected chi connectivity index (χ3v) is 7.03. The van der Waals surface area contributed by atoms with E-state index in [4.69, 9.17) is 16.2 Å². The number of anilines is 1. The summed E-state index contributed by atoms with van der Waals surface area (Å²) in [6.07, 6.45) is 6.12. The fourth-order valence-corrected chi connectivity index (χ4v) is 5.09. The fourth-order valence-electron chi connectivity index (χ4n) is 5.09. The van der Waals surface area contributed by atoms with Gasteiger partial charge in [-0.15, -0.1) is 0 Å². The molecule has 0 spiro atoms. The lowest BCUT2D eigenvalue weighted by molar-refractivity contribution is 0.303. The van der Waals surface area contributed by atoms with E-state index in [1.165, 1.54) is 5.56 Å². The summed E-state index contributed by atoms with van der Waals surface area (Å²) in [5, 5.41) is 1.06. The predicted molar refractivity (Wildman–Crippen MR) is 160 cm³/mol. The number of ether oxygens (including phenoxy) is 1. The second-order valence-corrected chi connectivity index (χ2v) is 9.61. The predicted octanol–water partition coefficient (Wildman–Crippen LogP) is 6.33. The van der Waals surface area contributed by atoms with Gasteiger partial charge in [-0.3, -0.25) is 4.57 Å². The van der Waals surface area contributed by atoms with Gasteiger partial charge in [0, 0.05) is 36.1 Å². The molecule has 6 aromatic rings. The van der Waals surface area contributed by atoms with Crippen LogP contribution in [0.3, 0.4) is 0 Å². The molecule has 7 heteroatoms. The van der Waals surface area contributed by atoms with E-state index in [-0.39, 0.29) is 0 Å². The minimum Gasteiger partial charge on any atom is -0.489 e. The maximum atomic E-state index is 6.37. The Kier molecular flexibility index (Phi) is 6.95. The zero-order valence-corrected chi connectivity index (χ0v) is 22.3. The highest BCUT2D eigenvalue weighted by molar-refractivity contribution is 6.00. The van der Waals surface area contributed by atoms with Crippen LogP contribution in [0.5, 0.6) is 5.75 Å². The molecule has 0 unspecified atom stereocenters. The molecule has 0 fully saturated rings.